The van der Waals surface area contributed by atoms with Crippen molar-refractivity contribution in [1.82, 2.24) is 44.7 Å². The van der Waals surface area contributed by atoms with E-state index in [1.54, 1.807) is 11.2 Å². The molecule has 5 aliphatic heterocycles. The van der Waals surface area contributed by atoms with E-state index in [-0.39, 0.29) is 30.2 Å². The number of amides is 3. The number of piperidine rings is 4. The lowest BCUT2D eigenvalue weighted by atomic mass is 9.88. The summed E-state index contributed by atoms with van der Waals surface area (Å²) in [5, 5.41) is 8.35. The second-order valence-electron chi connectivity index (χ2n) is 18.3. The van der Waals surface area contributed by atoms with Crippen LogP contribution in [0, 0.1) is 5.92 Å². The van der Waals surface area contributed by atoms with Crippen molar-refractivity contribution in [2.24, 2.45) is 5.92 Å². The number of anilines is 1. The van der Waals surface area contributed by atoms with Gasteiger partial charge in [-0.1, -0.05) is 30.3 Å². The summed E-state index contributed by atoms with van der Waals surface area (Å²) in [7, 11) is 0. The summed E-state index contributed by atoms with van der Waals surface area (Å²) in [6, 6.07) is 23.7. The van der Waals surface area contributed by atoms with Gasteiger partial charge >= 0.3 is 0 Å². The van der Waals surface area contributed by atoms with E-state index >= 15 is 0 Å². The van der Waals surface area contributed by atoms with Crippen molar-refractivity contribution in [1.29, 1.82) is 0 Å². The van der Waals surface area contributed by atoms with Gasteiger partial charge in [-0.15, -0.1) is 0 Å². The maximum absolute atomic E-state index is 13.2. The largest absolute Gasteiger partial charge is 0.457 e. The summed E-state index contributed by atoms with van der Waals surface area (Å²) >= 11 is 0. The van der Waals surface area contributed by atoms with Crippen LogP contribution in [0.3, 0.4) is 0 Å². The number of imide groups is 1. The van der Waals surface area contributed by atoms with Crippen LogP contribution in [0.25, 0.3) is 22.3 Å². The molecule has 2 aromatic heterocycles. The monoisotopic (exact) mass is 850 g/mol. The molecule has 328 valence electrons. The van der Waals surface area contributed by atoms with E-state index in [4.69, 9.17) is 15.6 Å². The van der Waals surface area contributed by atoms with Crippen LogP contribution in [0.4, 0.5) is 5.82 Å². The van der Waals surface area contributed by atoms with Gasteiger partial charge in [0.05, 0.1) is 11.4 Å². The molecular weight excluding hydrogens is 793 g/mol. The number of nitrogens with zero attached hydrogens (tertiary/aromatic N) is 8. The van der Waals surface area contributed by atoms with E-state index in [1.807, 2.05) is 60.7 Å². The van der Waals surface area contributed by atoms with Crippen molar-refractivity contribution >= 4 is 34.6 Å². The molecule has 0 spiro atoms. The average molecular weight is 851 g/mol. The average Bonchev–Trinajstić information content (AvgIpc) is 3.86. The minimum Gasteiger partial charge on any atom is -0.457 e. The number of aromatic nitrogens is 4. The number of benzene rings is 3. The Labute approximate surface area is 368 Å². The van der Waals surface area contributed by atoms with Crippen LogP contribution >= 0.6 is 0 Å². The predicted molar refractivity (Wildman–Crippen MR) is 241 cm³/mol. The molecule has 0 bridgehead atoms. The molecule has 0 aliphatic carbocycles. The zero-order chi connectivity index (χ0) is 42.9. The van der Waals surface area contributed by atoms with E-state index in [1.165, 1.54) is 51.0 Å². The van der Waals surface area contributed by atoms with Crippen molar-refractivity contribution in [3.63, 3.8) is 0 Å². The first-order chi connectivity index (χ1) is 30.8. The van der Waals surface area contributed by atoms with Crippen molar-refractivity contribution in [3.8, 4) is 22.8 Å². The molecule has 63 heavy (non-hydrogen) atoms. The highest BCUT2D eigenvalue weighted by Gasteiger charge is 2.39. The molecule has 14 heteroatoms. The Morgan fingerprint density at radius 3 is 2.17 bits per heavy atom. The van der Waals surface area contributed by atoms with Gasteiger partial charge in [0.15, 0.2) is 5.65 Å². The Hall–Kier alpha value is -5.70. The second kappa shape index (κ2) is 18.2. The Morgan fingerprint density at radius 1 is 0.746 bits per heavy atom. The lowest BCUT2D eigenvalue weighted by Gasteiger charge is -2.38. The Balaban J connectivity index is 0.646. The fraction of sp³-hybridized carbons (Fsp3) is 0.469. The first-order valence-corrected chi connectivity index (χ1v) is 23.1. The van der Waals surface area contributed by atoms with Crippen molar-refractivity contribution in [3.05, 3.63) is 95.8 Å². The lowest BCUT2D eigenvalue weighted by Crippen LogP contribution is -2.52. The third-order valence-electron chi connectivity index (χ3n) is 14.3. The van der Waals surface area contributed by atoms with E-state index < -0.39 is 6.04 Å². The molecule has 1 atom stereocenters. The van der Waals surface area contributed by atoms with E-state index in [2.05, 4.69) is 46.8 Å². The number of likely N-dealkylation sites (tertiary alicyclic amines) is 3. The topological polar surface area (TPSA) is 155 Å². The molecule has 3 amide bonds. The van der Waals surface area contributed by atoms with Gasteiger partial charge in [0, 0.05) is 43.7 Å². The number of carbonyl (C=O) groups excluding carboxylic acids is 3. The van der Waals surface area contributed by atoms with Crippen LogP contribution in [0.5, 0.6) is 11.5 Å². The molecule has 5 aliphatic rings. The molecular formula is C49H58N10O4. The van der Waals surface area contributed by atoms with E-state index in [0.29, 0.717) is 30.3 Å². The van der Waals surface area contributed by atoms with Gasteiger partial charge in [-0.3, -0.25) is 19.7 Å². The molecule has 1 unspecified atom stereocenters. The van der Waals surface area contributed by atoms with Gasteiger partial charge in [0.1, 0.15) is 35.4 Å². The maximum atomic E-state index is 13.2. The Bertz CT molecular complexity index is 2430. The highest BCUT2D eigenvalue weighted by Crippen LogP contribution is 2.37. The number of hydrogen-bond donors (Lipinski definition) is 2. The van der Waals surface area contributed by atoms with Crippen LogP contribution in [-0.4, -0.2) is 122 Å². The van der Waals surface area contributed by atoms with Crippen molar-refractivity contribution in [2.45, 2.75) is 82.3 Å². The number of nitrogens with two attached hydrogens (primary N) is 1. The fourth-order valence-electron chi connectivity index (χ4n) is 10.7. The van der Waals surface area contributed by atoms with Crippen molar-refractivity contribution < 1.29 is 19.1 Å². The third-order valence-corrected chi connectivity index (χ3v) is 14.3. The molecule has 7 heterocycles. The zero-order valence-electron chi connectivity index (χ0n) is 36.0. The number of nitrogen functional groups attached to an aromatic ring is 1. The standard InChI is InChI=1S/C49H58N10O4/c50-46-44-45(35-7-10-40(11-8-35)63-39-5-2-1-3-6-39)54-59(47(44)52-32-51-46)38-19-27-57(28-20-38)30-33-15-23-55(24-16-33)21-4-22-56-25-17-34(18-26-56)36-9-12-41-37(29-36)31-58(49(41)62)42-13-14-43(60)53-48(42)61/h1-3,5-12,29,32-34,38,42H,4,13-28,30-31H2,(H2,50,51,52)(H,53,60,61). The van der Waals surface area contributed by atoms with Crippen LogP contribution in [0.1, 0.15) is 91.2 Å². The smallest absolute Gasteiger partial charge is 0.255 e. The third kappa shape index (κ3) is 8.94. The molecule has 3 aromatic carbocycles. The Kier molecular flexibility index (Phi) is 11.9. The van der Waals surface area contributed by atoms with Gasteiger partial charge < -0.3 is 30.1 Å². The maximum Gasteiger partial charge on any atom is 0.255 e. The van der Waals surface area contributed by atoms with Gasteiger partial charge in [0.2, 0.25) is 11.8 Å². The fourth-order valence-corrected chi connectivity index (χ4v) is 10.7. The van der Waals surface area contributed by atoms with E-state index in [9.17, 15) is 14.4 Å². The van der Waals surface area contributed by atoms with Gasteiger partial charge in [-0.05, 0) is 156 Å². The van der Waals surface area contributed by atoms with Crippen LogP contribution < -0.4 is 15.8 Å². The molecule has 4 fully saturated rings. The first kappa shape index (κ1) is 41.3. The zero-order valence-corrected chi connectivity index (χ0v) is 36.0. The summed E-state index contributed by atoms with van der Waals surface area (Å²) in [5.41, 5.74) is 12.0. The summed E-state index contributed by atoms with van der Waals surface area (Å²) in [6.07, 6.45) is 10.2. The number of hydrogen-bond acceptors (Lipinski definition) is 11. The van der Waals surface area contributed by atoms with Gasteiger partial charge in [0.25, 0.3) is 5.91 Å². The minimum absolute atomic E-state index is 0.103. The van der Waals surface area contributed by atoms with E-state index in [0.717, 1.165) is 104 Å². The number of rotatable bonds is 12. The molecule has 0 saturated carbocycles. The number of para-hydroxylation sites is 1. The number of ether oxygens (including phenoxy) is 1. The summed E-state index contributed by atoms with van der Waals surface area (Å²) in [4.78, 5) is 55.9. The molecule has 5 aromatic rings. The van der Waals surface area contributed by atoms with Gasteiger partial charge in [-0.25, -0.2) is 14.6 Å². The molecule has 14 nitrogen and oxygen atoms in total. The normalized spacial score (nSPS) is 21.3. The molecule has 3 N–H and O–H groups in total. The predicted octanol–water partition coefficient (Wildman–Crippen LogP) is 6.25. The highest BCUT2D eigenvalue weighted by molar-refractivity contribution is 6.05. The summed E-state index contributed by atoms with van der Waals surface area (Å²) in [5.74, 6) is 2.52. The van der Waals surface area contributed by atoms with Crippen molar-refractivity contribution in [2.75, 3.05) is 64.6 Å². The molecule has 4 saturated heterocycles. The Morgan fingerprint density at radius 2 is 1.44 bits per heavy atom. The minimum atomic E-state index is -0.572. The summed E-state index contributed by atoms with van der Waals surface area (Å²) < 4.78 is 8.13. The molecule has 0 radical (unpaired) electrons. The lowest BCUT2D eigenvalue weighted by molar-refractivity contribution is -0.136. The van der Waals surface area contributed by atoms with Crippen LogP contribution in [0.2, 0.25) is 0 Å². The SMILES string of the molecule is Nc1ncnc2c1c(-c1ccc(Oc3ccccc3)cc1)nn2C1CCN(CC2CCN(CCCN3CCC(c4ccc5c(c4)CN(C4CCC(=O)NC4=O)C5=O)CC3)CC2)CC1. The highest BCUT2D eigenvalue weighted by atomic mass is 16.5. The quantitative estimate of drug-likeness (QED) is 0.137. The molecule has 10 rings (SSSR count). The first-order valence-electron chi connectivity index (χ1n) is 23.1. The number of carbonyl (C=O) groups is 3. The number of nitrogens with one attached hydrogen (secondary N) is 1. The van der Waals surface area contributed by atoms with Crippen LogP contribution in [0.15, 0.2) is 79.1 Å². The van der Waals surface area contributed by atoms with Crippen LogP contribution in [-0.2, 0) is 16.1 Å². The van der Waals surface area contributed by atoms with Gasteiger partial charge in [-0.2, -0.15) is 5.10 Å². The second-order valence-corrected chi connectivity index (χ2v) is 18.3. The summed E-state index contributed by atoms with van der Waals surface area (Å²) in [6.45, 7) is 10.6. The number of fused-ring (bicyclic) bond motifs is 2.